The third-order valence-corrected chi connectivity index (χ3v) is 3.03. The predicted octanol–water partition coefficient (Wildman–Crippen LogP) is 0.783. The number of nitrogens with zero attached hydrogens (tertiary/aromatic N) is 3. The molecule has 0 spiro atoms. The van der Waals surface area contributed by atoms with Crippen LogP contribution in [0.5, 0.6) is 5.75 Å². The highest BCUT2D eigenvalue weighted by Gasteiger charge is 2.10. The molecule has 0 radical (unpaired) electrons. The first-order chi connectivity index (χ1) is 9.47. The molecule has 1 aromatic carbocycles. The predicted molar refractivity (Wildman–Crippen MR) is 80.4 cm³/mol. The Bertz CT molecular complexity index is 460. The summed E-state index contributed by atoms with van der Waals surface area (Å²) in [7, 11) is 7.73. The highest BCUT2D eigenvalue weighted by molar-refractivity contribution is 5.99. The largest absolute Gasteiger partial charge is 0.496 e. The molecule has 1 rings (SSSR count). The van der Waals surface area contributed by atoms with Crippen LogP contribution in [0.15, 0.2) is 23.4 Å². The fourth-order valence-corrected chi connectivity index (χ4v) is 1.87. The minimum atomic E-state index is 0.0552. The van der Waals surface area contributed by atoms with Crippen molar-refractivity contribution < 1.29 is 9.94 Å². The van der Waals surface area contributed by atoms with E-state index < -0.39 is 0 Å². The molecule has 1 aromatic rings. The summed E-state index contributed by atoms with van der Waals surface area (Å²) in [6, 6.07) is 5.71. The van der Waals surface area contributed by atoms with Crippen molar-refractivity contribution in [2.45, 2.75) is 6.54 Å². The van der Waals surface area contributed by atoms with Crippen LogP contribution >= 0.6 is 0 Å². The van der Waals surface area contributed by atoms with Crippen molar-refractivity contribution in [3.05, 3.63) is 29.3 Å². The molecule has 0 aliphatic rings. The zero-order valence-corrected chi connectivity index (χ0v) is 12.6. The van der Waals surface area contributed by atoms with Gasteiger partial charge >= 0.3 is 0 Å². The van der Waals surface area contributed by atoms with E-state index in [1.807, 2.05) is 18.2 Å². The number of amidine groups is 1. The third-order valence-electron chi connectivity index (χ3n) is 3.03. The fraction of sp³-hybridized carbons (Fsp3) is 0.500. The van der Waals surface area contributed by atoms with Gasteiger partial charge in [0.2, 0.25) is 0 Å². The number of oxime groups is 1. The SMILES string of the molecule is COc1ccc(CN(C)CCN(C)C)cc1C(N)=NO. The lowest BCUT2D eigenvalue weighted by atomic mass is 10.1. The van der Waals surface area contributed by atoms with Crippen LogP contribution in [0, 0.1) is 0 Å². The molecule has 0 bridgehead atoms. The van der Waals surface area contributed by atoms with Crippen LogP contribution in [-0.4, -0.2) is 62.2 Å². The molecule has 0 aliphatic heterocycles. The van der Waals surface area contributed by atoms with Gasteiger partial charge in [-0.05, 0) is 38.8 Å². The Balaban J connectivity index is 2.81. The van der Waals surface area contributed by atoms with Crippen molar-refractivity contribution in [1.29, 1.82) is 0 Å². The highest BCUT2D eigenvalue weighted by Crippen LogP contribution is 2.20. The van der Waals surface area contributed by atoms with E-state index in [9.17, 15) is 0 Å². The number of benzene rings is 1. The molecule has 112 valence electrons. The maximum Gasteiger partial charge on any atom is 0.173 e. The van der Waals surface area contributed by atoms with Crippen molar-refractivity contribution in [3.8, 4) is 5.75 Å². The van der Waals surface area contributed by atoms with E-state index in [4.69, 9.17) is 15.7 Å². The van der Waals surface area contributed by atoms with E-state index in [2.05, 4.69) is 36.1 Å². The Morgan fingerprint density at radius 2 is 2.00 bits per heavy atom. The standard InChI is InChI=1S/C14H24N4O2/c1-17(2)7-8-18(3)10-11-5-6-13(20-4)12(9-11)14(15)16-19/h5-6,9,19H,7-8,10H2,1-4H3,(H2,15,16). The van der Waals surface area contributed by atoms with Crippen LogP contribution in [0.4, 0.5) is 0 Å². The van der Waals surface area contributed by atoms with E-state index in [1.54, 1.807) is 7.11 Å². The molecule has 20 heavy (non-hydrogen) atoms. The van der Waals surface area contributed by atoms with E-state index in [-0.39, 0.29) is 5.84 Å². The van der Waals surface area contributed by atoms with Crippen molar-refractivity contribution in [2.24, 2.45) is 10.9 Å². The minimum Gasteiger partial charge on any atom is -0.496 e. The molecule has 0 heterocycles. The number of ether oxygens (including phenoxy) is 1. The molecule has 0 aromatic heterocycles. The van der Waals surface area contributed by atoms with E-state index in [1.165, 1.54) is 0 Å². The molecule has 0 unspecified atom stereocenters. The first-order valence-corrected chi connectivity index (χ1v) is 6.46. The number of nitrogens with two attached hydrogens (primary N) is 1. The van der Waals surface area contributed by atoms with Gasteiger partial charge < -0.3 is 25.5 Å². The maximum absolute atomic E-state index is 8.82. The summed E-state index contributed by atoms with van der Waals surface area (Å²) in [5, 5.41) is 11.9. The van der Waals surface area contributed by atoms with Crippen LogP contribution in [0.25, 0.3) is 0 Å². The molecule has 0 fully saturated rings. The average Bonchev–Trinajstić information content (AvgIpc) is 2.44. The molecular formula is C14H24N4O2. The number of rotatable bonds is 7. The molecule has 0 amide bonds. The quantitative estimate of drug-likeness (QED) is 0.334. The molecule has 0 saturated carbocycles. The summed E-state index contributed by atoms with van der Waals surface area (Å²) in [5.74, 6) is 0.652. The van der Waals surface area contributed by atoms with E-state index in [0.717, 1.165) is 25.2 Å². The second-order valence-corrected chi connectivity index (χ2v) is 5.06. The fourth-order valence-electron chi connectivity index (χ4n) is 1.87. The Morgan fingerprint density at radius 1 is 1.30 bits per heavy atom. The molecule has 0 atom stereocenters. The first-order valence-electron chi connectivity index (χ1n) is 6.46. The van der Waals surface area contributed by atoms with Gasteiger partial charge in [-0.25, -0.2) is 0 Å². The smallest absolute Gasteiger partial charge is 0.173 e. The Labute approximate surface area is 120 Å². The summed E-state index contributed by atoms with van der Waals surface area (Å²) in [5.41, 5.74) is 7.36. The Hall–Kier alpha value is -1.79. The normalized spacial score (nSPS) is 12.2. The van der Waals surface area contributed by atoms with Gasteiger partial charge in [-0.1, -0.05) is 11.2 Å². The number of hydrogen-bond donors (Lipinski definition) is 2. The summed E-state index contributed by atoms with van der Waals surface area (Å²) in [6.45, 7) is 2.77. The minimum absolute atomic E-state index is 0.0552. The zero-order chi connectivity index (χ0) is 15.1. The van der Waals surface area contributed by atoms with Gasteiger partial charge in [-0.15, -0.1) is 0 Å². The Morgan fingerprint density at radius 3 is 2.55 bits per heavy atom. The van der Waals surface area contributed by atoms with Crippen molar-refractivity contribution in [3.63, 3.8) is 0 Å². The molecule has 0 aliphatic carbocycles. The summed E-state index contributed by atoms with van der Waals surface area (Å²) >= 11 is 0. The van der Waals surface area contributed by atoms with Crippen LogP contribution in [0.3, 0.4) is 0 Å². The van der Waals surface area contributed by atoms with Gasteiger partial charge in [-0.3, -0.25) is 0 Å². The Kier molecular flexibility index (Phi) is 6.27. The van der Waals surface area contributed by atoms with Gasteiger partial charge in [0.05, 0.1) is 12.7 Å². The monoisotopic (exact) mass is 280 g/mol. The van der Waals surface area contributed by atoms with Crippen LogP contribution < -0.4 is 10.5 Å². The van der Waals surface area contributed by atoms with Crippen molar-refractivity contribution in [1.82, 2.24) is 9.80 Å². The van der Waals surface area contributed by atoms with Crippen molar-refractivity contribution in [2.75, 3.05) is 41.3 Å². The van der Waals surface area contributed by atoms with Gasteiger partial charge in [-0.2, -0.15) is 0 Å². The molecule has 6 nitrogen and oxygen atoms in total. The number of methoxy groups -OCH3 is 1. The lowest BCUT2D eigenvalue weighted by Gasteiger charge is -2.20. The van der Waals surface area contributed by atoms with Gasteiger partial charge in [0.25, 0.3) is 0 Å². The summed E-state index contributed by atoms with van der Waals surface area (Å²) < 4.78 is 5.22. The van der Waals surface area contributed by atoms with E-state index >= 15 is 0 Å². The van der Waals surface area contributed by atoms with Crippen LogP contribution in [0.1, 0.15) is 11.1 Å². The number of likely N-dealkylation sites (N-methyl/N-ethyl adjacent to an activating group) is 2. The highest BCUT2D eigenvalue weighted by atomic mass is 16.5. The van der Waals surface area contributed by atoms with Crippen molar-refractivity contribution >= 4 is 5.84 Å². The average molecular weight is 280 g/mol. The molecule has 0 saturated heterocycles. The topological polar surface area (TPSA) is 74.3 Å². The van der Waals surface area contributed by atoms with Crippen LogP contribution in [0.2, 0.25) is 0 Å². The second kappa shape index (κ2) is 7.72. The lowest BCUT2D eigenvalue weighted by Crippen LogP contribution is -2.28. The molecule has 6 heteroatoms. The van der Waals surface area contributed by atoms with Gasteiger partial charge in [0.15, 0.2) is 5.84 Å². The second-order valence-electron chi connectivity index (χ2n) is 5.06. The van der Waals surface area contributed by atoms with E-state index in [0.29, 0.717) is 11.3 Å². The molecular weight excluding hydrogens is 256 g/mol. The summed E-state index contributed by atoms with van der Waals surface area (Å²) in [4.78, 5) is 4.37. The van der Waals surface area contributed by atoms with Crippen LogP contribution in [-0.2, 0) is 6.54 Å². The molecule has 3 N–H and O–H groups in total. The maximum atomic E-state index is 8.82. The first kappa shape index (κ1) is 16.3. The zero-order valence-electron chi connectivity index (χ0n) is 12.6. The summed E-state index contributed by atoms with van der Waals surface area (Å²) in [6.07, 6.45) is 0. The lowest BCUT2D eigenvalue weighted by molar-refractivity contribution is 0.276. The number of hydrogen-bond acceptors (Lipinski definition) is 5. The van der Waals surface area contributed by atoms with Gasteiger partial charge in [0, 0.05) is 19.6 Å². The third kappa shape index (κ3) is 4.71. The van der Waals surface area contributed by atoms with Gasteiger partial charge in [0.1, 0.15) is 5.75 Å².